The highest BCUT2D eigenvalue weighted by Crippen LogP contribution is 2.40. The molecule has 314 valence electrons. The zero-order valence-electron chi connectivity index (χ0n) is 38.6. The quantitative estimate of drug-likeness (QED) is 0.115. The summed E-state index contributed by atoms with van der Waals surface area (Å²) in [5, 5.41) is 0. The average Bonchev–Trinajstić information content (AvgIpc) is 3.30. The van der Waals surface area contributed by atoms with Gasteiger partial charge in [0.25, 0.3) is 0 Å². The van der Waals surface area contributed by atoms with Crippen molar-refractivity contribution in [1.82, 2.24) is 0 Å². The second kappa shape index (κ2) is 20.7. The Kier molecular flexibility index (Phi) is 14.7. The van der Waals surface area contributed by atoms with Gasteiger partial charge in [-0.1, -0.05) is 210 Å². The minimum atomic E-state index is 0.417. The lowest BCUT2D eigenvalue weighted by Crippen LogP contribution is -2.04. The van der Waals surface area contributed by atoms with Crippen LogP contribution in [0.25, 0.3) is 50.1 Å². The molecule has 7 aromatic rings. The van der Waals surface area contributed by atoms with Gasteiger partial charge < -0.3 is 0 Å². The number of hydrogen-bond donors (Lipinski definition) is 0. The van der Waals surface area contributed by atoms with Gasteiger partial charge in [0, 0.05) is 0 Å². The van der Waals surface area contributed by atoms with E-state index in [1.54, 1.807) is 5.57 Å². The summed E-state index contributed by atoms with van der Waals surface area (Å²) in [5.41, 5.74) is 24.8. The number of aryl methyl sites for hydroxylation is 5. The molecule has 1 aliphatic carbocycles. The van der Waals surface area contributed by atoms with Crippen molar-refractivity contribution in [2.75, 3.05) is 0 Å². The third-order valence-electron chi connectivity index (χ3n) is 13.1. The summed E-state index contributed by atoms with van der Waals surface area (Å²) in [5.74, 6) is 1.03. The normalized spacial score (nSPS) is 13.4. The Hall–Kier alpha value is -5.98. The van der Waals surface area contributed by atoms with Gasteiger partial charge in [-0.25, -0.2) is 0 Å². The lowest BCUT2D eigenvalue weighted by molar-refractivity contribution is 0.666. The molecule has 0 amide bonds. The molecule has 1 aliphatic rings. The van der Waals surface area contributed by atoms with Crippen LogP contribution in [0.5, 0.6) is 0 Å². The maximum atomic E-state index is 2.48. The molecule has 7 aromatic carbocycles. The lowest BCUT2D eigenvalue weighted by atomic mass is 9.81. The zero-order valence-corrected chi connectivity index (χ0v) is 38.6. The van der Waals surface area contributed by atoms with Gasteiger partial charge in [0.15, 0.2) is 0 Å². The van der Waals surface area contributed by atoms with Gasteiger partial charge in [0.2, 0.25) is 0 Å². The van der Waals surface area contributed by atoms with Crippen molar-refractivity contribution in [2.24, 2.45) is 5.92 Å². The molecule has 2 unspecified atom stereocenters. The van der Waals surface area contributed by atoms with Crippen molar-refractivity contribution >= 4 is 5.57 Å². The van der Waals surface area contributed by atoms with Crippen molar-refractivity contribution in [1.29, 1.82) is 0 Å². The van der Waals surface area contributed by atoms with E-state index >= 15 is 0 Å². The van der Waals surface area contributed by atoms with Crippen LogP contribution in [-0.4, -0.2) is 0 Å². The fourth-order valence-corrected chi connectivity index (χ4v) is 9.52. The topological polar surface area (TPSA) is 0 Å². The molecule has 2 atom stereocenters. The second-order valence-corrected chi connectivity index (χ2v) is 17.7. The molecule has 8 rings (SSSR count). The van der Waals surface area contributed by atoms with Gasteiger partial charge in [-0.3, -0.25) is 0 Å². The Morgan fingerprint density at radius 3 is 1.55 bits per heavy atom. The SMILES string of the molecule is CCC(C)C1=C(c2ccccc2-c2ccccc2C)CCC=C1.CCCc1cc(C(C)Cc2ccccc2-c2ccccc2-c2ccccc2C)ccc1-c1ccc(C)cc1C. The molecule has 0 nitrogen and oxygen atoms in total. The highest BCUT2D eigenvalue weighted by molar-refractivity contribution is 5.87. The van der Waals surface area contributed by atoms with Crippen molar-refractivity contribution in [3.63, 3.8) is 0 Å². The molecular formula is C62H66. The van der Waals surface area contributed by atoms with E-state index in [0.717, 1.165) is 32.1 Å². The zero-order chi connectivity index (χ0) is 43.6. The Labute approximate surface area is 374 Å². The molecule has 0 aliphatic heterocycles. The summed E-state index contributed by atoms with van der Waals surface area (Å²) in [7, 11) is 0. The van der Waals surface area contributed by atoms with E-state index in [4.69, 9.17) is 0 Å². The summed E-state index contributed by atoms with van der Waals surface area (Å²) in [4.78, 5) is 0. The first-order chi connectivity index (χ1) is 30.2. The minimum absolute atomic E-state index is 0.417. The Morgan fingerprint density at radius 1 is 0.452 bits per heavy atom. The third kappa shape index (κ3) is 10.0. The van der Waals surface area contributed by atoms with Crippen LogP contribution in [-0.2, 0) is 12.8 Å². The van der Waals surface area contributed by atoms with Crippen LogP contribution >= 0.6 is 0 Å². The van der Waals surface area contributed by atoms with Crippen molar-refractivity contribution in [3.8, 4) is 44.5 Å². The van der Waals surface area contributed by atoms with E-state index in [1.165, 1.54) is 101 Å². The van der Waals surface area contributed by atoms with Gasteiger partial charge in [0.1, 0.15) is 0 Å². The van der Waals surface area contributed by atoms with E-state index in [0.29, 0.717) is 11.8 Å². The van der Waals surface area contributed by atoms with Gasteiger partial charge in [-0.05, 0) is 166 Å². The van der Waals surface area contributed by atoms with Gasteiger partial charge >= 0.3 is 0 Å². The predicted molar refractivity (Wildman–Crippen MR) is 271 cm³/mol. The predicted octanol–water partition coefficient (Wildman–Crippen LogP) is 17.7. The number of allylic oxidation sites excluding steroid dienone is 4. The molecule has 0 radical (unpaired) electrons. The van der Waals surface area contributed by atoms with Crippen LogP contribution in [0.15, 0.2) is 175 Å². The molecule has 0 N–H and O–H groups in total. The largest absolute Gasteiger partial charge is 0.0839 e. The fourth-order valence-electron chi connectivity index (χ4n) is 9.52. The molecule has 0 aromatic heterocycles. The summed E-state index contributed by atoms with van der Waals surface area (Å²) in [6.45, 7) is 18.1. The molecule has 62 heavy (non-hydrogen) atoms. The summed E-state index contributed by atoms with van der Waals surface area (Å²) in [6, 6.07) is 58.2. The first kappa shape index (κ1) is 44.1. The molecule has 0 saturated carbocycles. The van der Waals surface area contributed by atoms with Crippen LogP contribution in [0.2, 0.25) is 0 Å². The lowest BCUT2D eigenvalue weighted by Gasteiger charge is -2.23. The standard InChI is InChI=1S/C39H40.C23H26/c1-6-13-32-26-31(21-23-37(32)35-22-20-27(2)24-30(35)5)29(4)25-33-15-8-10-17-36(33)39-19-12-11-18-38(39)34-16-9-7-14-28(34)3;1-4-17(2)19-12-7-8-14-21(19)23-16-10-9-15-22(23)20-13-6-5-11-18(20)3/h7-12,14-24,26,29H,6,13,25H2,1-5H3;5-7,9-13,15-17H,4,8,14H2,1-3H3. The molecule has 0 saturated heterocycles. The maximum absolute atomic E-state index is 2.48. The number of hydrogen-bond acceptors (Lipinski definition) is 0. The second-order valence-electron chi connectivity index (χ2n) is 17.7. The molecule has 0 bridgehead atoms. The van der Waals surface area contributed by atoms with Gasteiger partial charge in [-0.2, -0.15) is 0 Å². The van der Waals surface area contributed by atoms with E-state index < -0.39 is 0 Å². The minimum Gasteiger partial charge on any atom is -0.0839 e. The number of rotatable bonds is 12. The average molecular weight is 811 g/mol. The Balaban J connectivity index is 0.000000213. The molecular weight excluding hydrogens is 745 g/mol. The van der Waals surface area contributed by atoms with Gasteiger partial charge in [0.05, 0.1) is 0 Å². The van der Waals surface area contributed by atoms with Gasteiger partial charge in [-0.15, -0.1) is 0 Å². The first-order valence-electron chi connectivity index (χ1n) is 23.2. The molecule has 0 spiro atoms. The van der Waals surface area contributed by atoms with E-state index in [2.05, 4.69) is 225 Å². The highest BCUT2D eigenvalue weighted by Gasteiger charge is 2.19. The first-order valence-corrected chi connectivity index (χ1v) is 23.2. The fraction of sp³-hybridized carbons (Fsp3) is 0.258. The summed E-state index contributed by atoms with van der Waals surface area (Å²) < 4.78 is 0. The van der Waals surface area contributed by atoms with E-state index in [-0.39, 0.29) is 0 Å². The van der Waals surface area contributed by atoms with Crippen LogP contribution < -0.4 is 0 Å². The molecule has 0 fully saturated rings. The monoisotopic (exact) mass is 811 g/mol. The van der Waals surface area contributed by atoms with Crippen LogP contribution in [0, 0.1) is 33.6 Å². The summed E-state index contributed by atoms with van der Waals surface area (Å²) in [6.07, 6.45) is 11.4. The maximum Gasteiger partial charge on any atom is -0.0103 e. The van der Waals surface area contributed by atoms with Crippen LogP contribution in [0.3, 0.4) is 0 Å². The smallest absolute Gasteiger partial charge is 0.0103 e. The summed E-state index contributed by atoms with van der Waals surface area (Å²) >= 11 is 0. The van der Waals surface area contributed by atoms with Crippen molar-refractivity contribution in [3.05, 3.63) is 220 Å². The van der Waals surface area contributed by atoms with Crippen molar-refractivity contribution in [2.45, 2.75) is 99.8 Å². The molecule has 0 heteroatoms. The Bertz CT molecular complexity index is 2680. The van der Waals surface area contributed by atoms with Crippen LogP contribution in [0.1, 0.15) is 104 Å². The molecule has 0 heterocycles. The van der Waals surface area contributed by atoms with E-state index in [1.807, 2.05) is 0 Å². The number of benzene rings is 7. The third-order valence-corrected chi connectivity index (χ3v) is 13.1. The Morgan fingerprint density at radius 2 is 0.952 bits per heavy atom. The highest BCUT2D eigenvalue weighted by atomic mass is 14.2. The van der Waals surface area contributed by atoms with E-state index in [9.17, 15) is 0 Å². The van der Waals surface area contributed by atoms with Crippen molar-refractivity contribution < 1.29 is 0 Å². The van der Waals surface area contributed by atoms with Crippen LogP contribution in [0.4, 0.5) is 0 Å².